The van der Waals surface area contributed by atoms with Crippen LogP contribution in [-0.2, 0) is 14.8 Å². The topological polar surface area (TPSA) is 107 Å². The number of benzene rings is 2. The van der Waals surface area contributed by atoms with Gasteiger partial charge in [0.25, 0.3) is 15.7 Å². The minimum Gasteiger partial charge on any atom is -0.462 e. The number of carbonyl (C=O) groups excluding carboxylic acids is 1. The molecule has 0 aromatic heterocycles. The molecule has 2 aromatic carbocycles. The van der Waals surface area contributed by atoms with Gasteiger partial charge in [0, 0.05) is 12.6 Å². The highest BCUT2D eigenvalue weighted by Crippen LogP contribution is 2.32. The van der Waals surface area contributed by atoms with Gasteiger partial charge in [0.05, 0.1) is 22.8 Å². The molecule has 0 radical (unpaired) electrons. The number of para-hydroxylation sites is 1. The fourth-order valence-electron chi connectivity index (χ4n) is 2.74. The molecule has 0 unspecified atom stereocenters. The number of sulfonamides is 1. The van der Waals surface area contributed by atoms with E-state index >= 15 is 0 Å². The molecule has 0 N–H and O–H groups in total. The number of hydrogen-bond acceptors (Lipinski definition) is 6. The second-order valence-electron chi connectivity index (χ2n) is 5.56. The van der Waals surface area contributed by atoms with Gasteiger partial charge in [-0.3, -0.25) is 14.4 Å². The van der Waals surface area contributed by atoms with Crippen LogP contribution in [0.15, 0.2) is 47.4 Å². The van der Waals surface area contributed by atoms with Crippen molar-refractivity contribution >= 4 is 27.4 Å². The molecule has 0 aliphatic heterocycles. The van der Waals surface area contributed by atoms with E-state index in [1.54, 1.807) is 39.0 Å². The second-order valence-corrected chi connectivity index (χ2v) is 7.40. The average Bonchev–Trinajstić information content (AvgIpc) is 2.63. The Morgan fingerprint density at radius 3 is 2.41 bits per heavy atom. The summed E-state index contributed by atoms with van der Waals surface area (Å²) < 4.78 is 32.4. The van der Waals surface area contributed by atoms with Crippen molar-refractivity contribution in [3.63, 3.8) is 0 Å². The number of hydrogen-bond donors (Lipinski definition) is 0. The Bertz CT molecular complexity index is 972. The van der Waals surface area contributed by atoms with Crippen LogP contribution < -0.4 is 4.31 Å². The number of nitrogens with zero attached hydrogens (tertiary/aromatic N) is 2. The largest absolute Gasteiger partial charge is 0.462 e. The summed E-state index contributed by atoms with van der Waals surface area (Å²) in [5.41, 5.74) is 0.418. The monoisotopic (exact) mass is 392 g/mol. The first-order valence-electron chi connectivity index (χ1n) is 8.28. The Labute approximate surface area is 157 Å². The molecule has 0 fully saturated rings. The maximum absolute atomic E-state index is 13.2. The van der Waals surface area contributed by atoms with E-state index in [0.717, 1.165) is 10.4 Å². The highest BCUT2D eigenvalue weighted by molar-refractivity contribution is 7.93. The van der Waals surface area contributed by atoms with Crippen LogP contribution in [-0.4, -0.2) is 32.5 Å². The molecule has 9 heteroatoms. The van der Waals surface area contributed by atoms with E-state index in [1.165, 1.54) is 18.2 Å². The molecule has 27 heavy (non-hydrogen) atoms. The summed E-state index contributed by atoms with van der Waals surface area (Å²) in [7, 11) is -4.22. The molecule has 0 amide bonds. The lowest BCUT2D eigenvalue weighted by Crippen LogP contribution is -2.32. The molecule has 0 heterocycles. The third-order valence-corrected chi connectivity index (χ3v) is 5.92. The Kier molecular flexibility index (Phi) is 6.17. The molecule has 8 nitrogen and oxygen atoms in total. The number of rotatable bonds is 7. The fraction of sp³-hybridized carbons (Fsp3) is 0.278. The van der Waals surface area contributed by atoms with E-state index in [4.69, 9.17) is 4.74 Å². The van der Waals surface area contributed by atoms with E-state index in [1.807, 2.05) is 0 Å². The molecule has 2 rings (SSSR count). The lowest BCUT2D eigenvalue weighted by molar-refractivity contribution is -0.387. The highest BCUT2D eigenvalue weighted by Gasteiger charge is 2.32. The molecular weight excluding hydrogens is 372 g/mol. The van der Waals surface area contributed by atoms with Gasteiger partial charge in [-0.15, -0.1) is 0 Å². The van der Waals surface area contributed by atoms with Gasteiger partial charge in [0.15, 0.2) is 4.90 Å². The third-order valence-electron chi connectivity index (χ3n) is 3.99. The van der Waals surface area contributed by atoms with E-state index in [9.17, 15) is 23.3 Å². The van der Waals surface area contributed by atoms with Crippen molar-refractivity contribution in [1.82, 2.24) is 0 Å². The van der Waals surface area contributed by atoms with Crippen LogP contribution in [0.5, 0.6) is 0 Å². The summed E-state index contributed by atoms with van der Waals surface area (Å²) in [6, 6.07) is 9.81. The average molecular weight is 392 g/mol. The van der Waals surface area contributed by atoms with E-state index in [0.29, 0.717) is 5.56 Å². The first kappa shape index (κ1) is 20.4. The van der Waals surface area contributed by atoms with Gasteiger partial charge in [0.1, 0.15) is 0 Å². The van der Waals surface area contributed by atoms with Crippen LogP contribution in [0.1, 0.15) is 29.8 Å². The number of ether oxygens (including phenoxy) is 1. The predicted molar refractivity (Wildman–Crippen MR) is 100 cm³/mol. The molecule has 0 saturated carbocycles. The van der Waals surface area contributed by atoms with Crippen LogP contribution in [0, 0.1) is 17.0 Å². The van der Waals surface area contributed by atoms with E-state index in [2.05, 4.69) is 0 Å². The summed E-state index contributed by atoms with van der Waals surface area (Å²) in [5.74, 6) is -0.559. The summed E-state index contributed by atoms with van der Waals surface area (Å²) in [5, 5.41) is 11.3. The lowest BCUT2D eigenvalue weighted by Gasteiger charge is -2.25. The number of nitro groups is 1. The molecule has 0 atom stereocenters. The number of anilines is 1. The summed E-state index contributed by atoms with van der Waals surface area (Å²) in [6.07, 6.45) is 0. The standard InChI is InChI=1S/C18H20N2O6S/c1-4-19(15-11-8-9-14(13(15)3)18(21)26-5-2)27(24,25)17-12-7-6-10-16(17)20(22)23/h6-12H,4-5H2,1-3H3. The van der Waals surface area contributed by atoms with Gasteiger partial charge in [-0.05, 0) is 44.5 Å². The number of nitro benzene ring substituents is 1. The molecule has 0 aliphatic rings. The SMILES string of the molecule is CCOC(=O)c1cccc(N(CC)S(=O)(=O)c2ccccc2[N+](=O)[O-])c1C. The van der Waals surface area contributed by atoms with Crippen molar-refractivity contribution < 1.29 is 22.9 Å². The number of carbonyl (C=O) groups is 1. The van der Waals surface area contributed by atoms with Crippen molar-refractivity contribution in [1.29, 1.82) is 0 Å². The normalized spacial score (nSPS) is 11.1. The van der Waals surface area contributed by atoms with Gasteiger partial charge in [-0.25, -0.2) is 13.2 Å². The van der Waals surface area contributed by atoms with Gasteiger partial charge < -0.3 is 4.74 Å². The second kappa shape index (κ2) is 8.17. The van der Waals surface area contributed by atoms with Crippen molar-refractivity contribution in [3.05, 3.63) is 63.7 Å². The van der Waals surface area contributed by atoms with Crippen LogP contribution >= 0.6 is 0 Å². The number of esters is 1. The lowest BCUT2D eigenvalue weighted by atomic mass is 10.1. The van der Waals surface area contributed by atoms with Crippen molar-refractivity contribution in [3.8, 4) is 0 Å². The van der Waals surface area contributed by atoms with Crippen LogP contribution in [0.4, 0.5) is 11.4 Å². The Morgan fingerprint density at radius 2 is 1.81 bits per heavy atom. The minimum atomic E-state index is -4.22. The quantitative estimate of drug-likeness (QED) is 0.406. The molecule has 144 valence electrons. The van der Waals surface area contributed by atoms with Crippen molar-refractivity contribution in [2.45, 2.75) is 25.7 Å². The molecule has 0 saturated heterocycles. The van der Waals surface area contributed by atoms with Gasteiger partial charge in [-0.2, -0.15) is 0 Å². The fourth-order valence-corrected chi connectivity index (χ4v) is 4.43. The zero-order valence-electron chi connectivity index (χ0n) is 15.2. The zero-order chi connectivity index (χ0) is 20.2. The molecular formula is C18H20N2O6S. The Balaban J connectivity index is 2.62. The van der Waals surface area contributed by atoms with Crippen LogP contribution in [0.2, 0.25) is 0 Å². The van der Waals surface area contributed by atoms with Crippen LogP contribution in [0.25, 0.3) is 0 Å². The maximum atomic E-state index is 13.2. The van der Waals surface area contributed by atoms with Crippen molar-refractivity contribution in [2.75, 3.05) is 17.5 Å². The zero-order valence-corrected chi connectivity index (χ0v) is 16.0. The first-order chi connectivity index (χ1) is 12.8. The summed E-state index contributed by atoms with van der Waals surface area (Å²) >= 11 is 0. The van der Waals surface area contributed by atoms with Gasteiger partial charge in [0.2, 0.25) is 0 Å². The predicted octanol–water partition coefficient (Wildman–Crippen LogP) is 3.30. The van der Waals surface area contributed by atoms with Crippen molar-refractivity contribution in [2.24, 2.45) is 0 Å². The highest BCUT2D eigenvalue weighted by atomic mass is 32.2. The van der Waals surface area contributed by atoms with E-state index < -0.39 is 31.5 Å². The molecule has 0 bridgehead atoms. The molecule has 2 aromatic rings. The van der Waals surface area contributed by atoms with Crippen LogP contribution in [0.3, 0.4) is 0 Å². The minimum absolute atomic E-state index is 0.0293. The van der Waals surface area contributed by atoms with Gasteiger partial charge >= 0.3 is 5.97 Å². The summed E-state index contributed by atoms with van der Waals surface area (Å²) in [6.45, 7) is 5.12. The maximum Gasteiger partial charge on any atom is 0.338 e. The van der Waals surface area contributed by atoms with E-state index in [-0.39, 0.29) is 24.4 Å². The summed E-state index contributed by atoms with van der Waals surface area (Å²) in [4.78, 5) is 22.2. The Morgan fingerprint density at radius 1 is 1.15 bits per heavy atom. The van der Waals surface area contributed by atoms with Gasteiger partial charge in [-0.1, -0.05) is 18.2 Å². The first-order valence-corrected chi connectivity index (χ1v) is 9.72. The molecule has 0 spiro atoms. The molecule has 0 aliphatic carbocycles. The third kappa shape index (κ3) is 3.92. The smallest absolute Gasteiger partial charge is 0.338 e. The Hall–Kier alpha value is -2.94.